The summed E-state index contributed by atoms with van der Waals surface area (Å²) in [7, 11) is 0. The van der Waals surface area contributed by atoms with Crippen LogP contribution in [0.15, 0.2) is 65.7 Å². The predicted octanol–water partition coefficient (Wildman–Crippen LogP) is 5.16. The molecular formula is C24H21FN4O2S. The van der Waals surface area contributed by atoms with Crippen LogP contribution in [0.25, 0.3) is 0 Å². The number of thioether (sulfide) groups is 1. The van der Waals surface area contributed by atoms with Crippen molar-refractivity contribution in [1.29, 1.82) is 5.26 Å². The third-order valence-corrected chi connectivity index (χ3v) is 5.97. The van der Waals surface area contributed by atoms with Crippen molar-refractivity contribution in [1.82, 2.24) is 4.98 Å². The topological polar surface area (TPSA) is 94.9 Å². The van der Waals surface area contributed by atoms with E-state index in [1.54, 1.807) is 19.1 Å². The summed E-state index contributed by atoms with van der Waals surface area (Å²) in [5.41, 5.74) is 2.07. The van der Waals surface area contributed by atoms with E-state index in [0.29, 0.717) is 34.1 Å². The van der Waals surface area contributed by atoms with Gasteiger partial charge < -0.3 is 10.6 Å². The highest BCUT2D eigenvalue weighted by molar-refractivity contribution is 8.00. The minimum atomic E-state index is -0.525. The fourth-order valence-electron chi connectivity index (χ4n) is 2.92. The van der Waals surface area contributed by atoms with E-state index in [1.165, 1.54) is 30.3 Å². The second-order valence-corrected chi connectivity index (χ2v) is 8.11. The van der Waals surface area contributed by atoms with Crippen LogP contribution in [0.1, 0.15) is 35.0 Å². The van der Waals surface area contributed by atoms with Crippen LogP contribution in [0.2, 0.25) is 0 Å². The summed E-state index contributed by atoms with van der Waals surface area (Å²) in [6.07, 6.45) is 0.486. The van der Waals surface area contributed by atoms with E-state index >= 15 is 0 Å². The lowest BCUT2D eigenvalue weighted by atomic mass is 10.1. The van der Waals surface area contributed by atoms with Crippen LogP contribution in [0.4, 0.5) is 15.8 Å². The number of anilines is 2. The van der Waals surface area contributed by atoms with Crippen molar-refractivity contribution in [2.24, 2.45) is 0 Å². The lowest BCUT2D eigenvalue weighted by molar-refractivity contribution is -0.115. The number of aryl methyl sites for hydroxylation is 1. The number of amides is 2. The van der Waals surface area contributed by atoms with Crippen molar-refractivity contribution >= 4 is 35.0 Å². The molecule has 1 unspecified atom stereocenters. The monoisotopic (exact) mass is 448 g/mol. The highest BCUT2D eigenvalue weighted by Crippen LogP contribution is 2.29. The molecule has 1 heterocycles. The SMILES string of the molecule is CCC(Sc1nc(C)c(C(=O)Nc2ccccc2)cc1C#N)C(=O)Nc1ccc(F)cc1. The molecule has 0 fully saturated rings. The Hall–Kier alpha value is -3.70. The molecule has 0 saturated carbocycles. The van der Waals surface area contributed by atoms with Gasteiger partial charge in [-0.3, -0.25) is 9.59 Å². The fraction of sp³-hybridized carbons (Fsp3) is 0.167. The minimum Gasteiger partial charge on any atom is -0.325 e. The number of carbonyl (C=O) groups is 2. The van der Waals surface area contributed by atoms with Crippen LogP contribution in [-0.4, -0.2) is 22.0 Å². The Balaban J connectivity index is 1.78. The minimum absolute atomic E-state index is 0.215. The van der Waals surface area contributed by atoms with Crippen molar-refractivity contribution in [3.05, 3.63) is 83.3 Å². The number of benzene rings is 2. The molecule has 8 heteroatoms. The maximum absolute atomic E-state index is 13.1. The Morgan fingerprint density at radius 2 is 1.75 bits per heavy atom. The molecule has 0 aliphatic carbocycles. The van der Waals surface area contributed by atoms with Gasteiger partial charge in [-0.1, -0.05) is 36.9 Å². The zero-order valence-corrected chi connectivity index (χ0v) is 18.4. The second kappa shape index (κ2) is 10.6. The van der Waals surface area contributed by atoms with E-state index in [2.05, 4.69) is 21.7 Å². The van der Waals surface area contributed by atoms with Gasteiger partial charge in [0, 0.05) is 11.4 Å². The zero-order valence-electron chi connectivity index (χ0n) is 17.6. The summed E-state index contributed by atoms with van der Waals surface area (Å²) in [5, 5.41) is 15.0. The number of para-hydroxylation sites is 1. The first kappa shape index (κ1) is 23.0. The molecule has 0 radical (unpaired) electrons. The third-order valence-electron chi connectivity index (χ3n) is 4.60. The maximum atomic E-state index is 13.1. The lowest BCUT2D eigenvalue weighted by Gasteiger charge is -2.16. The molecule has 0 saturated heterocycles. The molecule has 32 heavy (non-hydrogen) atoms. The average Bonchev–Trinajstić information content (AvgIpc) is 2.79. The number of pyridine rings is 1. The van der Waals surface area contributed by atoms with Crippen molar-refractivity contribution in [2.75, 3.05) is 10.6 Å². The van der Waals surface area contributed by atoms with Crippen LogP contribution < -0.4 is 10.6 Å². The number of hydrogen-bond donors (Lipinski definition) is 2. The van der Waals surface area contributed by atoms with Gasteiger partial charge in [0.25, 0.3) is 5.91 Å². The standard InChI is InChI=1S/C24H21FN4O2S/c1-3-21(23(31)29-19-11-9-17(25)10-12-19)32-24-16(14-26)13-20(15(2)27-24)22(30)28-18-7-5-4-6-8-18/h4-13,21H,3H2,1-2H3,(H,28,30)(H,29,31). The number of halogens is 1. The Morgan fingerprint density at radius 1 is 1.09 bits per heavy atom. The molecule has 0 aliphatic heterocycles. The highest BCUT2D eigenvalue weighted by Gasteiger charge is 2.23. The number of rotatable bonds is 7. The Labute approximate surface area is 189 Å². The molecule has 3 rings (SSSR count). The molecule has 0 spiro atoms. The molecule has 2 aromatic carbocycles. The summed E-state index contributed by atoms with van der Waals surface area (Å²) >= 11 is 1.16. The van der Waals surface area contributed by atoms with Crippen LogP contribution in [0.3, 0.4) is 0 Å². The number of hydrogen-bond acceptors (Lipinski definition) is 5. The molecule has 1 aromatic heterocycles. The second-order valence-electron chi connectivity index (χ2n) is 6.92. The average molecular weight is 449 g/mol. The third kappa shape index (κ3) is 5.71. The molecule has 2 amide bonds. The number of nitrogens with one attached hydrogen (secondary N) is 2. The van der Waals surface area contributed by atoms with Gasteiger partial charge in [-0.05, 0) is 55.8 Å². The van der Waals surface area contributed by atoms with E-state index in [1.807, 2.05) is 25.1 Å². The van der Waals surface area contributed by atoms with Crippen molar-refractivity contribution in [2.45, 2.75) is 30.5 Å². The quantitative estimate of drug-likeness (QED) is 0.487. The van der Waals surface area contributed by atoms with Gasteiger partial charge >= 0.3 is 0 Å². The number of nitrogens with zero attached hydrogens (tertiary/aromatic N) is 2. The summed E-state index contributed by atoms with van der Waals surface area (Å²) in [6.45, 7) is 3.53. The van der Waals surface area contributed by atoms with Crippen molar-refractivity contribution < 1.29 is 14.0 Å². The van der Waals surface area contributed by atoms with Crippen molar-refractivity contribution in [3.63, 3.8) is 0 Å². The smallest absolute Gasteiger partial charge is 0.257 e. The van der Waals surface area contributed by atoms with Gasteiger partial charge in [-0.25, -0.2) is 9.37 Å². The molecule has 0 aliphatic rings. The van der Waals surface area contributed by atoms with Crippen LogP contribution in [-0.2, 0) is 4.79 Å². The first-order valence-electron chi connectivity index (χ1n) is 9.92. The molecule has 2 N–H and O–H groups in total. The Morgan fingerprint density at radius 3 is 2.38 bits per heavy atom. The van der Waals surface area contributed by atoms with Gasteiger partial charge in [-0.2, -0.15) is 5.26 Å². The maximum Gasteiger partial charge on any atom is 0.257 e. The summed E-state index contributed by atoms with van der Waals surface area (Å²) in [5.74, 6) is -1.03. The predicted molar refractivity (Wildman–Crippen MR) is 123 cm³/mol. The van der Waals surface area contributed by atoms with Crippen LogP contribution >= 0.6 is 11.8 Å². The largest absolute Gasteiger partial charge is 0.325 e. The molecule has 0 bridgehead atoms. The van der Waals surface area contributed by atoms with Gasteiger partial charge in [-0.15, -0.1) is 0 Å². The molecule has 6 nitrogen and oxygen atoms in total. The van der Waals surface area contributed by atoms with Gasteiger partial charge in [0.1, 0.15) is 16.9 Å². The van der Waals surface area contributed by atoms with E-state index in [0.717, 1.165) is 11.8 Å². The van der Waals surface area contributed by atoms with E-state index < -0.39 is 5.25 Å². The normalized spacial score (nSPS) is 11.3. The number of aromatic nitrogens is 1. The van der Waals surface area contributed by atoms with Gasteiger partial charge in [0.05, 0.1) is 22.1 Å². The molecule has 162 valence electrons. The molecular weight excluding hydrogens is 427 g/mol. The Kier molecular flexibility index (Phi) is 7.58. The summed E-state index contributed by atoms with van der Waals surface area (Å²) in [6, 6.07) is 18.0. The highest BCUT2D eigenvalue weighted by atomic mass is 32.2. The Bertz CT molecular complexity index is 1160. The van der Waals surface area contributed by atoms with E-state index in [9.17, 15) is 19.2 Å². The molecule has 3 aromatic rings. The summed E-state index contributed by atoms with van der Waals surface area (Å²) in [4.78, 5) is 29.8. The summed E-state index contributed by atoms with van der Waals surface area (Å²) < 4.78 is 13.1. The van der Waals surface area contributed by atoms with Gasteiger partial charge in [0.2, 0.25) is 5.91 Å². The van der Waals surface area contributed by atoms with Crippen molar-refractivity contribution in [3.8, 4) is 6.07 Å². The van der Waals surface area contributed by atoms with Gasteiger partial charge in [0.15, 0.2) is 0 Å². The zero-order chi connectivity index (χ0) is 23.1. The first-order valence-corrected chi connectivity index (χ1v) is 10.8. The van der Waals surface area contributed by atoms with Crippen LogP contribution in [0, 0.1) is 24.1 Å². The van der Waals surface area contributed by atoms with E-state index in [-0.39, 0.29) is 23.2 Å². The first-order chi connectivity index (χ1) is 15.4. The van der Waals surface area contributed by atoms with Crippen LogP contribution in [0.5, 0.6) is 0 Å². The lowest BCUT2D eigenvalue weighted by Crippen LogP contribution is -2.25. The molecule has 1 atom stereocenters. The fourth-order valence-corrected chi connectivity index (χ4v) is 3.94. The van der Waals surface area contributed by atoms with E-state index in [4.69, 9.17) is 0 Å². The number of carbonyl (C=O) groups excluding carboxylic acids is 2. The number of nitriles is 1.